The summed E-state index contributed by atoms with van der Waals surface area (Å²) in [6.07, 6.45) is -1.76. The van der Waals surface area contributed by atoms with E-state index < -0.39 is 50.9 Å². The Kier molecular flexibility index (Phi) is 10.6. The van der Waals surface area contributed by atoms with Gasteiger partial charge in [-0.3, -0.25) is 13.9 Å². The van der Waals surface area contributed by atoms with E-state index in [9.17, 15) is 13.9 Å². The van der Waals surface area contributed by atoms with Gasteiger partial charge < -0.3 is 23.8 Å². The minimum absolute atomic E-state index is 0.0342. The van der Waals surface area contributed by atoms with Crippen molar-refractivity contribution in [1.82, 2.24) is 0 Å². The highest BCUT2D eigenvalue weighted by Crippen LogP contribution is 2.72. The summed E-state index contributed by atoms with van der Waals surface area (Å²) in [6, 6.07) is 6.45. The molecule has 1 amide bonds. The van der Waals surface area contributed by atoms with Gasteiger partial charge in [-0.25, -0.2) is 0 Å². The van der Waals surface area contributed by atoms with Crippen molar-refractivity contribution in [1.29, 1.82) is 0 Å². The Morgan fingerprint density at radius 1 is 0.742 bits per heavy atom. The van der Waals surface area contributed by atoms with Crippen LogP contribution in [0.2, 0.25) is 0 Å². The van der Waals surface area contributed by atoms with Crippen molar-refractivity contribution in [2.45, 2.75) is 91.6 Å². The van der Waals surface area contributed by atoms with Crippen molar-refractivity contribution in [2.75, 3.05) is 0 Å². The largest absolute Gasteiger partial charge is 0.366 e. The topological polar surface area (TPSA) is 114 Å². The van der Waals surface area contributed by atoms with E-state index in [2.05, 4.69) is 0 Å². The molecule has 1 aromatic carbocycles. The standard InChI is InChI=1S/C21H37NO7P2/c1-14(2)26-30(24,27-15(3)4)20(31(25,28-16(5)6)29-17(7)8)13-18-9-11-19(12-10-18)21(22)23/h9-12,14-17,20H,13H2,1-8H3,(H2,22,23). The summed E-state index contributed by atoms with van der Waals surface area (Å²) in [7, 11) is -7.95. The SMILES string of the molecule is CC(C)OP(=O)(OC(C)C)C(Cc1ccc(C(N)=O)cc1)P(=O)(OC(C)C)OC(C)C. The molecular weight excluding hydrogens is 440 g/mol. The zero-order valence-corrected chi connectivity index (χ0v) is 21.5. The minimum Gasteiger partial charge on any atom is -0.366 e. The summed E-state index contributed by atoms with van der Waals surface area (Å²) in [4.78, 5) is 11.4. The molecule has 0 atom stereocenters. The van der Waals surface area contributed by atoms with Crippen LogP contribution in [0.25, 0.3) is 0 Å². The van der Waals surface area contributed by atoms with Crippen LogP contribution in [-0.2, 0) is 33.6 Å². The maximum Gasteiger partial charge on any atom is 0.346 e. The number of amides is 1. The second-order valence-electron chi connectivity index (χ2n) is 8.44. The van der Waals surface area contributed by atoms with Crippen LogP contribution in [0.5, 0.6) is 0 Å². The first-order valence-electron chi connectivity index (χ1n) is 10.5. The van der Waals surface area contributed by atoms with E-state index in [4.69, 9.17) is 23.8 Å². The molecule has 8 nitrogen and oxygen atoms in total. The number of carbonyl (C=O) groups excluding carboxylic acids is 1. The Morgan fingerprint density at radius 2 is 1.06 bits per heavy atom. The molecule has 0 unspecified atom stereocenters. The molecule has 2 N–H and O–H groups in total. The average molecular weight is 477 g/mol. The molecule has 31 heavy (non-hydrogen) atoms. The predicted octanol–water partition coefficient (Wildman–Crippen LogP) is 5.74. The fourth-order valence-corrected chi connectivity index (χ4v) is 8.84. The highest BCUT2D eigenvalue weighted by atomic mass is 31.2. The van der Waals surface area contributed by atoms with Crippen LogP contribution in [0.15, 0.2) is 24.3 Å². The quantitative estimate of drug-likeness (QED) is 0.360. The van der Waals surface area contributed by atoms with E-state index >= 15 is 0 Å². The Hall–Kier alpha value is -1.01. The maximum absolute atomic E-state index is 14.1. The number of carbonyl (C=O) groups is 1. The van der Waals surface area contributed by atoms with Crippen molar-refractivity contribution in [3.05, 3.63) is 35.4 Å². The molecule has 1 aromatic rings. The van der Waals surface area contributed by atoms with Crippen LogP contribution in [-0.4, -0.2) is 35.7 Å². The van der Waals surface area contributed by atoms with Gasteiger partial charge in [-0.05, 0) is 79.5 Å². The molecule has 0 saturated carbocycles. The van der Waals surface area contributed by atoms with Gasteiger partial charge in [-0.1, -0.05) is 12.1 Å². The van der Waals surface area contributed by atoms with Crippen molar-refractivity contribution in [3.8, 4) is 0 Å². The molecule has 0 aliphatic heterocycles. The van der Waals surface area contributed by atoms with Gasteiger partial charge in [0.15, 0.2) is 5.40 Å². The van der Waals surface area contributed by atoms with Crippen molar-refractivity contribution >= 4 is 21.1 Å². The van der Waals surface area contributed by atoms with E-state index in [1.54, 1.807) is 79.7 Å². The van der Waals surface area contributed by atoms with Crippen LogP contribution in [0.4, 0.5) is 0 Å². The molecule has 0 aliphatic rings. The lowest BCUT2D eigenvalue weighted by Crippen LogP contribution is -2.25. The van der Waals surface area contributed by atoms with E-state index in [0.717, 1.165) is 0 Å². The second kappa shape index (κ2) is 11.7. The van der Waals surface area contributed by atoms with Gasteiger partial charge in [0.05, 0.1) is 24.4 Å². The number of hydrogen-bond acceptors (Lipinski definition) is 7. The summed E-state index contributed by atoms with van der Waals surface area (Å²) in [6.45, 7) is 13.8. The van der Waals surface area contributed by atoms with Gasteiger partial charge in [0.2, 0.25) is 5.91 Å². The van der Waals surface area contributed by atoms with Gasteiger partial charge in [0.1, 0.15) is 0 Å². The molecule has 0 aliphatic carbocycles. The van der Waals surface area contributed by atoms with Crippen LogP contribution in [0, 0.1) is 0 Å². The molecule has 0 fully saturated rings. The second-order valence-corrected chi connectivity index (χ2v) is 13.1. The van der Waals surface area contributed by atoms with Gasteiger partial charge in [-0.15, -0.1) is 0 Å². The van der Waals surface area contributed by atoms with E-state index in [0.29, 0.717) is 11.1 Å². The number of nitrogens with two attached hydrogens (primary N) is 1. The zero-order valence-electron chi connectivity index (χ0n) is 19.7. The lowest BCUT2D eigenvalue weighted by molar-refractivity contribution is 0.0999. The van der Waals surface area contributed by atoms with Crippen LogP contribution in [0.3, 0.4) is 0 Å². The van der Waals surface area contributed by atoms with Gasteiger partial charge >= 0.3 is 15.2 Å². The number of hydrogen-bond donors (Lipinski definition) is 1. The lowest BCUT2D eigenvalue weighted by Gasteiger charge is -2.35. The molecule has 0 saturated heterocycles. The van der Waals surface area contributed by atoms with Gasteiger partial charge in [-0.2, -0.15) is 0 Å². The number of benzene rings is 1. The normalized spacial score (nSPS) is 13.2. The third-order valence-electron chi connectivity index (χ3n) is 3.82. The first kappa shape index (κ1) is 28.0. The molecule has 0 bridgehead atoms. The molecule has 0 heterocycles. The summed E-state index contributed by atoms with van der Waals surface area (Å²) < 4.78 is 51.3. The average Bonchev–Trinajstić information content (AvgIpc) is 2.56. The van der Waals surface area contributed by atoms with Crippen LogP contribution in [0.1, 0.15) is 71.3 Å². The Labute approximate surface area is 186 Å². The lowest BCUT2D eigenvalue weighted by atomic mass is 10.1. The fourth-order valence-electron chi connectivity index (χ4n) is 2.92. The summed E-state index contributed by atoms with van der Waals surface area (Å²) in [5.41, 5.74) is 6.31. The molecular formula is C21H37NO7P2. The van der Waals surface area contributed by atoms with Crippen molar-refractivity contribution < 1.29 is 32.0 Å². The molecule has 0 spiro atoms. The predicted molar refractivity (Wildman–Crippen MR) is 123 cm³/mol. The number of primary amides is 1. The Bertz CT molecular complexity index is 740. The van der Waals surface area contributed by atoms with Crippen molar-refractivity contribution in [2.24, 2.45) is 5.73 Å². The highest BCUT2D eigenvalue weighted by molar-refractivity contribution is 7.72. The van der Waals surface area contributed by atoms with E-state index in [-0.39, 0.29) is 6.42 Å². The summed E-state index contributed by atoms with van der Waals surface area (Å²) >= 11 is 0. The smallest absolute Gasteiger partial charge is 0.346 e. The summed E-state index contributed by atoms with van der Waals surface area (Å²) in [5.74, 6) is -0.558. The number of rotatable bonds is 13. The Balaban J connectivity index is 3.58. The van der Waals surface area contributed by atoms with Gasteiger partial charge in [0.25, 0.3) is 0 Å². The van der Waals surface area contributed by atoms with E-state index in [1.165, 1.54) is 0 Å². The first-order chi connectivity index (χ1) is 14.2. The highest BCUT2D eigenvalue weighted by Gasteiger charge is 2.52. The molecule has 0 aromatic heterocycles. The third-order valence-corrected chi connectivity index (χ3v) is 10.2. The zero-order chi connectivity index (χ0) is 24.0. The molecule has 178 valence electrons. The monoisotopic (exact) mass is 477 g/mol. The Morgan fingerprint density at radius 3 is 1.32 bits per heavy atom. The first-order valence-corrected chi connectivity index (χ1v) is 13.7. The fraction of sp³-hybridized carbons (Fsp3) is 0.667. The van der Waals surface area contributed by atoms with E-state index in [1.807, 2.05) is 0 Å². The van der Waals surface area contributed by atoms with Crippen molar-refractivity contribution in [3.63, 3.8) is 0 Å². The molecule has 0 radical (unpaired) electrons. The van der Waals surface area contributed by atoms with Crippen LogP contribution >= 0.6 is 15.2 Å². The third kappa shape index (κ3) is 8.80. The molecule has 10 heteroatoms. The van der Waals surface area contributed by atoms with Gasteiger partial charge in [0, 0.05) is 5.56 Å². The molecule has 1 rings (SSSR count). The minimum atomic E-state index is -3.98. The summed E-state index contributed by atoms with van der Waals surface area (Å²) in [5, 5.41) is -1.20. The van der Waals surface area contributed by atoms with Crippen LogP contribution < -0.4 is 5.73 Å². The maximum atomic E-state index is 14.1.